The van der Waals surface area contributed by atoms with Crippen molar-refractivity contribution in [3.63, 3.8) is 0 Å². The maximum absolute atomic E-state index is 5.36. The summed E-state index contributed by atoms with van der Waals surface area (Å²) in [6, 6.07) is 8.78. The lowest BCUT2D eigenvalue weighted by atomic mass is 9.83. The highest BCUT2D eigenvalue weighted by Gasteiger charge is 2.33. The predicted octanol–water partition coefficient (Wildman–Crippen LogP) is 4.41. The Bertz CT molecular complexity index is 602. The van der Waals surface area contributed by atoms with Gasteiger partial charge in [0.05, 0.1) is 6.54 Å². The van der Waals surface area contributed by atoms with E-state index in [1.807, 2.05) is 0 Å². The third kappa shape index (κ3) is 9.22. The van der Waals surface area contributed by atoms with Crippen molar-refractivity contribution in [3.05, 3.63) is 35.4 Å². The molecule has 1 aliphatic carbocycles. The van der Waals surface area contributed by atoms with E-state index in [9.17, 15) is 0 Å². The number of nitrogens with one attached hydrogen (secondary N) is 2. The molecule has 0 heterocycles. The van der Waals surface area contributed by atoms with Crippen LogP contribution in [0.4, 0.5) is 0 Å². The molecule has 29 heavy (non-hydrogen) atoms. The molecule has 2 rings (SSSR count). The molecule has 0 radical (unpaired) electrons. The standard InChI is InChI=1S/C23H40N4O.HI/c1-5-24-22(26-19-23(14-15-28-4)12-7-8-13-23)25-17-20-10-9-11-21(16-20)18-27(3)6-2;/h9-11,16H,5-8,12-15,17-19H2,1-4H3,(H2,24,25,26);1H. The average molecular weight is 517 g/mol. The topological polar surface area (TPSA) is 48.9 Å². The summed E-state index contributed by atoms with van der Waals surface area (Å²) >= 11 is 0. The van der Waals surface area contributed by atoms with E-state index in [0.717, 1.165) is 45.2 Å². The molecule has 6 heteroatoms. The molecule has 5 nitrogen and oxygen atoms in total. The molecule has 0 aliphatic heterocycles. The Morgan fingerprint density at radius 3 is 2.55 bits per heavy atom. The number of nitrogens with zero attached hydrogens (tertiary/aromatic N) is 2. The monoisotopic (exact) mass is 516 g/mol. The minimum absolute atomic E-state index is 0. The lowest BCUT2D eigenvalue weighted by Gasteiger charge is -2.30. The normalized spacial score (nSPS) is 16.0. The van der Waals surface area contributed by atoms with Crippen LogP contribution in [0, 0.1) is 5.41 Å². The predicted molar refractivity (Wildman–Crippen MR) is 134 cm³/mol. The lowest BCUT2D eigenvalue weighted by Crippen LogP contribution is -2.43. The molecule has 1 aliphatic rings. The maximum atomic E-state index is 5.36. The van der Waals surface area contributed by atoms with Crippen LogP contribution in [-0.2, 0) is 17.8 Å². The number of hydrogen-bond acceptors (Lipinski definition) is 3. The van der Waals surface area contributed by atoms with E-state index in [-0.39, 0.29) is 24.0 Å². The summed E-state index contributed by atoms with van der Waals surface area (Å²) in [5.41, 5.74) is 2.96. The van der Waals surface area contributed by atoms with Gasteiger partial charge in [-0.1, -0.05) is 44.0 Å². The van der Waals surface area contributed by atoms with Gasteiger partial charge in [0.25, 0.3) is 0 Å². The van der Waals surface area contributed by atoms with Gasteiger partial charge in [0, 0.05) is 33.4 Å². The molecule has 1 aromatic carbocycles. The van der Waals surface area contributed by atoms with E-state index >= 15 is 0 Å². The lowest BCUT2D eigenvalue weighted by molar-refractivity contribution is 0.138. The molecule has 2 N–H and O–H groups in total. The van der Waals surface area contributed by atoms with Crippen LogP contribution in [-0.4, -0.2) is 51.3 Å². The smallest absolute Gasteiger partial charge is 0.191 e. The van der Waals surface area contributed by atoms with E-state index in [1.54, 1.807) is 7.11 Å². The van der Waals surface area contributed by atoms with Gasteiger partial charge in [0.1, 0.15) is 0 Å². The second-order valence-electron chi connectivity index (χ2n) is 8.15. The third-order valence-corrected chi connectivity index (χ3v) is 5.88. The van der Waals surface area contributed by atoms with Crippen molar-refractivity contribution in [3.8, 4) is 0 Å². The fourth-order valence-corrected chi connectivity index (χ4v) is 3.99. The SMILES string of the molecule is CCNC(=NCc1cccc(CN(C)CC)c1)NCC1(CCOC)CCCC1.I. The first-order chi connectivity index (χ1) is 13.6. The first-order valence-electron chi connectivity index (χ1n) is 10.9. The number of aliphatic imine (C=N–C) groups is 1. The number of methoxy groups -OCH3 is 1. The van der Waals surface area contributed by atoms with Crippen LogP contribution in [0.1, 0.15) is 57.1 Å². The average Bonchev–Trinajstić information content (AvgIpc) is 3.18. The largest absolute Gasteiger partial charge is 0.385 e. The Morgan fingerprint density at radius 2 is 1.90 bits per heavy atom. The van der Waals surface area contributed by atoms with Gasteiger partial charge < -0.3 is 20.3 Å². The zero-order valence-electron chi connectivity index (χ0n) is 18.8. The van der Waals surface area contributed by atoms with Gasteiger partial charge in [-0.2, -0.15) is 0 Å². The van der Waals surface area contributed by atoms with Crippen molar-refractivity contribution < 1.29 is 4.74 Å². The summed E-state index contributed by atoms with van der Waals surface area (Å²) in [7, 11) is 3.95. The maximum Gasteiger partial charge on any atom is 0.191 e. The summed E-state index contributed by atoms with van der Waals surface area (Å²) in [5.74, 6) is 0.919. The second kappa shape index (κ2) is 14.2. The molecule has 0 amide bonds. The van der Waals surface area contributed by atoms with Crippen LogP contribution in [0.3, 0.4) is 0 Å². The van der Waals surface area contributed by atoms with Crippen LogP contribution >= 0.6 is 24.0 Å². The van der Waals surface area contributed by atoms with Gasteiger partial charge in [-0.15, -0.1) is 24.0 Å². The van der Waals surface area contributed by atoms with Crippen molar-refractivity contribution in [1.29, 1.82) is 0 Å². The molecular weight excluding hydrogens is 475 g/mol. The molecule has 0 aromatic heterocycles. The molecule has 1 saturated carbocycles. The highest BCUT2D eigenvalue weighted by atomic mass is 127. The highest BCUT2D eigenvalue weighted by molar-refractivity contribution is 14.0. The second-order valence-corrected chi connectivity index (χ2v) is 8.15. The van der Waals surface area contributed by atoms with Gasteiger partial charge >= 0.3 is 0 Å². The van der Waals surface area contributed by atoms with Crippen LogP contribution in [0.25, 0.3) is 0 Å². The van der Waals surface area contributed by atoms with E-state index in [1.165, 1.54) is 36.8 Å². The summed E-state index contributed by atoms with van der Waals surface area (Å²) in [5, 5.41) is 7.02. The van der Waals surface area contributed by atoms with Crippen LogP contribution in [0.15, 0.2) is 29.3 Å². The Hall–Kier alpha value is -0.860. The molecule has 1 fully saturated rings. The van der Waals surface area contributed by atoms with Gasteiger partial charge in [-0.05, 0) is 56.3 Å². The number of ether oxygens (including phenoxy) is 1. The Labute approximate surface area is 195 Å². The van der Waals surface area contributed by atoms with Gasteiger partial charge in [0.15, 0.2) is 5.96 Å². The number of rotatable bonds is 11. The zero-order valence-corrected chi connectivity index (χ0v) is 21.1. The van der Waals surface area contributed by atoms with Gasteiger partial charge in [-0.3, -0.25) is 0 Å². The van der Waals surface area contributed by atoms with Crippen molar-refractivity contribution in [1.82, 2.24) is 15.5 Å². The number of benzene rings is 1. The molecule has 0 atom stereocenters. The Morgan fingerprint density at radius 1 is 1.17 bits per heavy atom. The van der Waals surface area contributed by atoms with Crippen molar-refractivity contribution in [2.45, 2.75) is 59.0 Å². The van der Waals surface area contributed by atoms with E-state index in [2.05, 4.69) is 60.7 Å². The minimum Gasteiger partial charge on any atom is -0.385 e. The first kappa shape index (κ1) is 26.2. The zero-order chi connectivity index (χ0) is 20.2. The highest BCUT2D eigenvalue weighted by Crippen LogP contribution is 2.40. The van der Waals surface area contributed by atoms with Crippen molar-refractivity contribution in [2.24, 2.45) is 10.4 Å². The van der Waals surface area contributed by atoms with Crippen LogP contribution in [0.5, 0.6) is 0 Å². The number of guanidine groups is 1. The summed E-state index contributed by atoms with van der Waals surface area (Å²) in [6.07, 6.45) is 6.37. The summed E-state index contributed by atoms with van der Waals surface area (Å²) in [6.45, 7) is 9.73. The fraction of sp³-hybridized carbons (Fsp3) is 0.696. The fourth-order valence-electron chi connectivity index (χ4n) is 3.99. The van der Waals surface area contributed by atoms with Gasteiger partial charge in [-0.25, -0.2) is 4.99 Å². The molecule has 0 spiro atoms. The molecular formula is C23H41IN4O. The minimum atomic E-state index is 0. The summed E-state index contributed by atoms with van der Waals surface area (Å²) < 4.78 is 5.36. The number of halogens is 1. The molecule has 0 bridgehead atoms. The number of hydrogen-bond donors (Lipinski definition) is 2. The molecule has 166 valence electrons. The third-order valence-electron chi connectivity index (χ3n) is 5.88. The van der Waals surface area contributed by atoms with E-state index in [4.69, 9.17) is 9.73 Å². The molecule has 1 aromatic rings. The summed E-state index contributed by atoms with van der Waals surface area (Å²) in [4.78, 5) is 7.16. The molecule has 0 saturated heterocycles. The van der Waals surface area contributed by atoms with Crippen molar-refractivity contribution in [2.75, 3.05) is 40.4 Å². The van der Waals surface area contributed by atoms with Crippen molar-refractivity contribution >= 4 is 29.9 Å². The van der Waals surface area contributed by atoms with Crippen LogP contribution < -0.4 is 10.6 Å². The van der Waals surface area contributed by atoms with Gasteiger partial charge in [0.2, 0.25) is 0 Å². The Balaban J connectivity index is 0.00000420. The van der Waals surface area contributed by atoms with Crippen LogP contribution in [0.2, 0.25) is 0 Å². The quantitative estimate of drug-likeness (QED) is 0.260. The first-order valence-corrected chi connectivity index (χ1v) is 10.9. The molecule has 0 unspecified atom stereocenters. The van der Waals surface area contributed by atoms with E-state index in [0.29, 0.717) is 12.0 Å². The Kier molecular flexibility index (Phi) is 12.8. The van der Waals surface area contributed by atoms with E-state index < -0.39 is 0 Å².